The molecule has 1 aliphatic heterocycles. The highest BCUT2D eigenvalue weighted by Crippen LogP contribution is 2.67. The summed E-state index contributed by atoms with van der Waals surface area (Å²) in [5, 5.41) is 0. The minimum atomic E-state index is -0.311. The molecule has 0 aromatic carbocycles. The molecule has 0 bridgehead atoms. The molecule has 0 aromatic heterocycles. The predicted molar refractivity (Wildman–Crippen MR) is 101 cm³/mol. The SMILES string of the molecule is CC(=O)[C@H]1CC[C@@H]2[C@@H]3CC=C4CC5(CC[C@]4(C)[C@@H]3CC[C@]12C)OCCO5. The lowest BCUT2D eigenvalue weighted by Gasteiger charge is -2.58. The van der Waals surface area contributed by atoms with Crippen molar-refractivity contribution in [3.63, 3.8) is 0 Å². The summed E-state index contributed by atoms with van der Waals surface area (Å²) in [7, 11) is 0. The van der Waals surface area contributed by atoms with Gasteiger partial charge < -0.3 is 9.47 Å². The van der Waals surface area contributed by atoms with Crippen molar-refractivity contribution < 1.29 is 14.3 Å². The largest absolute Gasteiger partial charge is 0.347 e. The van der Waals surface area contributed by atoms with Crippen LogP contribution in [0.1, 0.15) is 72.1 Å². The van der Waals surface area contributed by atoms with Gasteiger partial charge >= 0.3 is 0 Å². The van der Waals surface area contributed by atoms with E-state index < -0.39 is 0 Å². The van der Waals surface area contributed by atoms with Crippen molar-refractivity contribution in [1.29, 1.82) is 0 Å². The van der Waals surface area contributed by atoms with Gasteiger partial charge in [-0.15, -0.1) is 0 Å². The zero-order valence-corrected chi connectivity index (χ0v) is 16.7. The van der Waals surface area contributed by atoms with Crippen LogP contribution in [0.15, 0.2) is 11.6 Å². The monoisotopic (exact) mass is 358 g/mol. The van der Waals surface area contributed by atoms with E-state index in [1.165, 1.54) is 32.1 Å². The number of carbonyl (C=O) groups excluding carboxylic acids is 1. The molecule has 5 aliphatic rings. The van der Waals surface area contributed by atoms with Crippen LogP contribution >= 0.6 is 0 Å². The third-order valence-corrected chi connectivity index (χ3v) is 9.41. The molecule has 0 unspecified atom stereocenters. The van der Waals surface area contributed by atoms with Crippen LogP contribution in [0.25, 0.3) is 0 Å². The first kappa shape index (κ1) is 17.4. The third-order valence-electron chi connectivity index (χ3n) is 9.41. The summed E-state index contributed by atoms with van der Waals surface area (Å²) in [6, 6.07) is 0. The van der Waals surface area contributed by atoms with Gasteiger partial charge in [0.15, 0.2) is 5.79 Å². The first-order chi connectivity index (χ1) is 12.4. The molecule has 26 heavy (non-hydrogen) atoms. The molecule has 0 amide bonds. The Morgan fingerprint density at radius 2 is 1.81 bits per heavy atom. The maximum Gasteiger partial charge on any atom is 0.172 e. The highest BCUT2D eigenvalue weighted by Gasteiger charge is 2.60. The highest BCUT2D eigenvalue weighted by atomic mass is 16.7. The molecule has 3 saturated carbocycles. The Morgan fingerprint density at radius 3 is 2.54 bits per heavy atom. The van der Waals surface area contributed by atoms with Crippen LogP contribution in [0.5, 0.6) is 0 Å². The van der Waals surface area contributed by atoms with E-state index in [1.807, 2.05) is 6.92 Å². The van der Waals surface area contributed by atoms with E-state index in [-0.39, 0.29) is 11.2 Å². The number of ketones is 1. The van der Waals surface area contributed by atoms with Gasteiger partial charge in [-0.05, 0) is 74.0 Å². The van der Waals surface area contributed by atoms with Crippen molar-refractivity contribution in [3.8, 4) is 0 Å². The van der Waals surface area contributed by atoms with Gasteiger partial charge in [-0.1, -0.05) is 25.5 Å². The van der Waals surface area contributed by atoms with Crippen molar-refractivity contribution in [3.05, 3.63) is 11.6 Å². The molecule has 3 heteroatoms. The standard InChI is InChI=1S/C23H34O3/c1-15(24)18-6-7-19-17-5-4-16-14-23(25-12-13-26-23)11-10-21(16,2)20(17)8-9-22(18,19)3/h4,17-20H,5-14H2,1-3H3/t17-,18+,19+,20+,21-,22+/m0/s1. The van der Waals surface area contributed by atoms with Gasteiger partial charge in [0.05, 0.1) is 13.2 Å². The van der Waals surface area contributed by atoms with E-state index in [2.05, 4.69) is 19.9 Å². The van der Waals surface area contributed by atoms with E-state index >= 15 is 0 Å². The Kier molecular flexibility index (Phi) is 3.80. The number of allylic oxidation sites excluding steroid dienone is 1. The van der Waals surface area contributed by atoms with Crippen LogP contribution in [0.2, 0.25) is 0 Å². The molecule has 4 fully saturated rings. The van der Waals surface area contributed by atoms with Crippen molar-refractivity contribution in [2.24, 2.45) is 34.5 Å². The van der Waals surface area contributed by atoms with Crippen LogP contribution in [0, 0.1) is 34.5 Å². The number of carbonyl (C=O) groups is 1. The average Bonchev–Trinajstić information content (AvgIpc) is 3.20. The Hall–Kier alpha value is -0.670. The van der Waals surface area contributed by atoms with E-state index in [0.717, 1.165) is 50.2 Å². The second-order valence-electron chi connectivity index (χ2n) is 10.3. The molecule has 1 saturated heterocycles. The van der Waals surface area contributed by atoms with Crippen molar-refractivity contribution in [2.45, 2.75) is 77.9 Å². The minimum Gasteiger partial charge on any atom is -0.347 e. The summed E-state index contributed by atoms with van der Waals surface area (Å²) < 4.78 is 12.1. The number of Topliss-reactive ketones (excluding diaryl/α,β-unsaturated/α-hetero) is 1. The van der Waals surface area contributed by atoms with E-state index in [1.54, 1.807) is 5.57 Å². The van der Waals surface area contributed by atoms with Gasteiger partial charge in [-0.2, -0.15) is 0 Å². The van der Waals surface area contributed by atoms with Crippen LogP contribution < -0.4 is 0 Å². The number of ether oxygens (including phenoxy) is 2. The lowest BCUT2D eigenvalue weighted by atomic mass is 9.47. The molecule has 0 aromatic rings. The van der Waals surface area contributed by atoms with Gasteiger partial charge in [0.2, 0.25) is 0 Å². The molecule has 1 heterocycles. The molecule has 4 aliphatic carbocycles. The fourth-order valence-corrected chi connectivity index (χ4v) is 8.02. The van der Waals surface area contributed by atoms with E-state index in [0.29, 0.717) is 17.1 Å². The fraction of sp³-hybridized carbons (Fsp3) is 0.870. The molecular weight excluding hydrogens is 324 g/mol. The van der Waals surface area contributed by atoms with Crippen molar-refractivity contribution in [2.75, 3.05) is 13.2 Å². The first-order valence-corrected chi connectivity index (χ1v) is 10.9. The van der Waals surface area contributed by atoms with Crippen molar-refractivity contribution >= 4 is 5.78 Å². The van der Waals surface area contributed by atoms with Crippen LogP contribution in [0.3, 0.4) is 0 Å². The molecule has 6 atom stereocenters. The number of hydrogen-bond acceptors (Lipinski definition) is 3. The average molecular weight is 359 g/mol. The van der Waals surface area contributed by atoms with Gasteiger partial charge in [-0.25, -0.2) is 0 Å². The second-order valence-corrected chi connectivity index (χ2v) is 10.3. The quantitative estimate of drug-likeness (QED) is 0.626. The Balaban J connectivity index is 1.44. The van der Waals surface area contributed by atoms with Crippen LogP contribution in [0.4, 0.5) is 0 Å². The van der Waals surface area contributed by atoms with Gasteiger partial charge in [0.1, 0.15) is 5.78 Å². The van der Waals surface area contributed by atoms with E-state index in [9.17, 15) is 4.79 Å². The molecule has 0 N–H and O–H groups in total. The normalized spacial score (nSPS) is 49.3. The molecule has 3 nitrogen and oxygen atoms in total. The molecule has 1 spiro atoms. The lowest BCUT2D eigenvalue weighted by molar-refractivity contribution is -0.185. The Labute approximate surface area is 157 Å². The maximum absolute atomic E-state index is 12.3. The maximum atomic E-state index is 12.3. The zero-order chi connectivity index (χ0) is 18.2. The lowest BCUT2D eigenvalue weighted by Crippen LogP contribution is -2.52. The number of fused-ring (bicyclic) bond motifs is 5. The summed E-state index contributed by atoms with van der Waals surface area (Å²) in [5.41, 5.74) is 2.18. The third kappa shape index (κ3) is 2.22. The van der Waals surface area contributed by atoms with Crippen LogP contribution in [-0.4, -0.2) is 24.8 Å². The minimum absolute atomic E-state index is 0.252. The summed E-state index contributed by atoms with van der Waals surface area (Å²) in [6.45, 7) is 8.29. The highest BCUT2D eigenvalue weighted by molar-refractivity contribution is 5.79. The molecule has 144 valence electrons. The van der Waals surface area contributed by atoms with Crippen LogP contribution in [-0.2, 0) is 14.3 Å². The van der Waals surface area contributed by atoms with E-state index in [4.69, 9.17) is 9.47 Å². The Morgan fingerprint density at radius 1 is 1.04 bits per heavy atom. The summed E-state index contributed by atoms with van der Waals surface area (Å²) in [6.07, 6.45) is 11.9. The summed E-state index contributed by atoms with van der Waals surface area (Å²) >= 11 is 0. The zero-order valence-electron chi connectivity index (χ0n) is 16.7. The smallest absolute Gasteiger partial charge is 0.172 e. The second kappa shape index (κ2) is 5.67. The van der Waals surface area contributed by atoms with Gasteiger partial charge in [0.25, 0.3) is 0 Å². The fourth-order valence-electron chi connectivity index (χ4n) is 8.02. The predicted octanol–water partition coefficient (Wildman–Crippen LogP) is 4.90. The summed E-state index contributed by atoms with van der Waals surface area (Å²) in [5.74, 6) is 2.72. The van der Waals surface area contributed by atoms with Gasteiger partial charge in [-0.3, -0.25) is 4.79 Å². The number of rotatable bonds is 1. The molecule has 0 radical (unpaired) electrons. The Bertz CT molecular complexity index is 646. The van der Waals surface area contributed by atoms with Crippen molar-refractivity contribution in [1.82, 2.24) is 0 Å². The molecule has 5 rings (SSSR count). The first-order valence-electron chi connectivity index (χ1n) is 10.9. The topological polar surface area (TPSA) is 35.5 Å². The van der Waals surface area contributed by atoms with Gasteiger partial charge in [0, 0.05) is 18.8 Å². The number of hydrogen-bond donors (Lipinski definition) is 0. The summed E-state index contributed by atoms with van der Waals surface area (Å²) in [4.78, 5) is 12.3. The molecular formula is C23H34O3.